The van der Waals surface area contributed by atoms with E-state index in [1.54, 1.807) is 0 Å². The summed E-state index contributed by atoms with van der Waals surface area (Å²) in [7, 11) is 0. The molecular weight excluding hydrogens is 530 g/mol. The smallest absolute Gasteiger partial charge is 0.222 e. The second-order valence-corrected chi connectivity index (χ2v) is 13.9. The van der Waals surface area contributed by atoms with Crippen LogP contribution in [-0.2, 0) is 4.79 Å². The van der Waals surface area contributed by atoms with Crippen LogP contribution in [0.15, 0.2) is 0 Å². The molecule has 0 spiro atoms. The Balaban J connectivity index is 4.63. The molecule has 0 bridgehead atoms. The van der Waals surface area contributed by atoms with Gasteiger partial charge in [-0.3, -0.25) is 4.79 Å². The van der Waals surface area contributed by atoms with E-state index in [-0.39, 0.29) is 19.1 Å². The van der Waals surface area contributed by atoms with Crippen LogP contribution in [0.25, 0.3) is 0 Å². The van der Waals surface area contributed by atoms with Crippen LogP contribution in [0, 0.1) is 11.8 Å². The molecule has 3 unspecified atom stereocenters. The fourth-order valence-electron chi connectivity index (χ4n) is 6.65. The molecule has 0 aromatic rings. The first-order chi connectivity index (χ1) is 21.0. The third kappa shape index (κ3) is 27.4. The minimum absolute atomic E-state index is 0.193. The normalized spacial score (nSPS) is 13.7. The summed E-state index contributed by atoms with van der Waals surface area (Å²) < 4.78 is 0. The van der Waals surface area contributed by atoms with E-state index in [2.05, 4.69) is 27.7 Å². The first-order valence-corrected chi connectivity index (χ1v) is 19.6. The molecule has 0 fully saturated rings. The number of amides is 1. The van der Waals surface area contributed by atoms with Gasteiger partial charge < -0.3 is 15.1 Å². The van der Waals surface area contributed by atoms with E-state index in [0.717, 1.165) is 31.6 Å². The Kier molecular flexibility index (Phi) is 32.3. The molecule has 0 aliphatic carbocycles. The molecule has 0 heterocycles. The third-order valence-corrected chi connectivity index (χ3v) is 9.72. The highest BCUT2D eigenvalue weighted by molar-refractivity contribution is 5.76. The lowest BCUT2D eigenvalue weighted by Gasteiger charge is -2.28. The molecule has 0 aromatic carbocycles. The van der Waals surface area contributed by atoms with Gasteiger partial charge in [-0.2, -0.15) is 0 Å². The van der Waals surface area contributed by atoms with Crippen molar-refractivity contribution in [2.24, 2.45) is 11.8 Å². The Morgan fingerprint density at radius 2 is 0.907 bits per heavy atom. The van der Waals surface area contributed by atoms with Crippen molar-refractivity contribution in [3.8, 4) is 0 Å². The Hall–Kier alpha value is -0.610. The molecular formula is C39H79NO3. The highest BCUT2D eigenvalue weighted by Crippen LogP contribution is 2.24. The van der Waals surface area contributed by atoms with Gasteiger partial charge in [0, 0.05) is 19.5 Å². The molecule has 0 rings (SSSR count). The van der Waals surface area contributed by atoms with Crippen molar-refractivity contribution in [3.63, 3.8) is 0 Å². The van der Waals surface area contributed by atoms with Crippen LogP contribution in [0.5, 0.6) is 0 Å². The lowest BCUT2D eigenvalue weighted by Crippen LogP contribution is -2.40. The Labute approximate surface area is 270 Å². The van der Waals surface area contributed by atoms with E-state index >= 15 is 0 Å². The van der Waals surface area contributed by atoms with E-state index in [0.29, 0.717) is 18.9 Å². The Morgan fingerprint density at radius 1 is 0.535 bits per heavy atom. The van der Waals surface area contributed by atoms with Gasteiger partial charge >= 0.3 is 0 Å². The van der Waals surface area contributed by atoms with Crippen LogP contribution in [0.3, 0.4) is 0 Å². The summed E-state index contributed by atoms with van der Waals surface area (Å²) in [5, 5.41) is 19.8. The van der Waals surface area contributed by atoms with E-state index in [1.165, 1.54) is 148 Å². The SMILES string of the molecule is CCCCCCCCCCCCC(CC)CCCN(CC(O)CO)C(=O)CC(CCCCCC)CCCCCCCCC. The Bertz CT molecular complexity index is 569. The maximum atomic E-state index is 13.6. The van der Waals surface area contributed by atoms with Gasteiger partial charge in [-0.1, -0.05) is 175 Å². The third-order valence-electron chi connectivity index (χ3n) is 9.72. The number of aliphatic hydroxyl groups is 2. The van der Waals surface area contributed by atoms with Crippen molar-refractivity contribution in [2.45, 2.75) is 214 Å². The number of aliphatic hydroxyl groups excluding tert-OH is 2. The van der Waals surface area contributed by atoms with Crippen molar-refractivity contribution in [1.82, 2.24) is 4.90 Å². The number of hydrogen-bond acceptors (Lipinski definition) is 3. The van der Waals surface area contributed by atoms with E-state index in [4.69, 9.17) is 0 Å². The largest absolute Gasteiger partial charge is 0.394 e. The van der Waals surface area contributed by atoms with Gasteiger partial charge in [0.1, 0.15) is 0 Å². The first kappa shape index (κ1) is 42.4. The molecule has 0 saturated heterocycles. The highest BCUT2D eigenvalue weighted by atomic mass is 16.3. The van der Waals surface area contributed by atoms with Crippen LogP contribution >= 0.6 is 0 Å². The van der Waals surface area contributed by atoms with Crippen LogP contribution < -0.4 is 0 Å². The molecule has 43 heavy (non-hydrogen) atoms. The predicted octanol–water partition coefficient (Wildman–Crippen LogP) is 11.4. The van der Waals surface area contributed by atoms with Gasteiger partial charge in [-0.05, 0) is 37.5 Å². The minimum Gasteiger partial charge on any atom is -0.394 e. The summed E-state index contributed by atoms with van der Waals surface area (Å²) in [6.07, 6.45) is 34.8. The summed E-state index contributed by atoms with van der Waals surface area (Å²) in [6, 6.07) is 0. The van der Waals surface area contributed by atoms with Gasteiger partial charge in [0.2, 0.25) is 5.91 Å². The Morgan fingerprint density at radius 3 is 1.33 bits per heavy atom. The molecule has 4 nitrogen and oxygen atoms in total. The minimum atomic E-state index is -0.844. The maximum Gasteiger partial charge on any atom is 0.222 e. The number of hydrogen-bond donors (Lipinski definition) is 2. The van der Waals surface area contributed by atoms with E-state index in [9.17, 15) is 15.0 Å². The van der Waals surface area contributed by atoms with Crippen molar-refractivity contribution < 1.29 is 15.0 Å². The molecule has 0 saturated carbocycles. The van der Waals surface area contributed by atoms with Crippen molar-refractivity contribution in [2.75, 3.05) is 19.7 Å². The summed E-state index contributed by atoms with van der Waals surface area (Å²) >= 11 is 0. The molecule has 0 aromatic heterocycles. The summed E-state index contributed by atoms with van der Waals surface area (Å²) in [4.78, 5) is 15.4. The monoisotopic (exact) mass is 610 g/mol. The number of carbonyl (C=O) groups excluding carboxylic acids is 1. The standard InChI is InChI=1S/C39H79NO3/c1-5-9-12-15-17-18-19-21-22-25-28-36(8-4)31-27-32-40(34-38(42)35-41)39(43)33-37(29-24-14-11-7-3)30-26-23-20-16-13-10-6-2/h36-38,41-42H,5-35H2,1-4H3. The molecule has 0 radical (unpaired) electrons. The number of nitrogens with zero attached hydrogens (tertiary/aromatic N) is 1. The second kappa shape index (κ2) is 32.8. The zero-order chi connectivity index (χ0) is 31.8. The second-order valence-electron chi connectivity index (χ2n) is 13.9. The van der Waals surface area contributed by atoms with Gasteiger partial charge in [-0.15, -0.1) is 0 Å². The van der Waals surface area contributed by atoms with Crippen molar-refractivity contribution in [3.05, 3.63) is 0 Å². The van der Waals surface area contributed by atoms with Crippen LogP contribution in [-0.4, -0.2) is 46.8 Å². The molecule has 0 aliphatic heterocycles. The van der Waals surface area contributed by atoms with E-state index in [1.807, 2.05) is 4.90 Å². The summed E-state index contributed by atoms with van der Waals surface area (Å²) in [6.45, 7) is 9.82. The maximum absolute atomic E-state index is 13.6. The van der Waals surface area contributed by atoms with Crippen molar-refractivity contribution >= 4 is 5.91 Å². The lowest BCUT2D eigenvalue weighted by atomic mass is 9.90. The zero-order valence-electron chi connectivity index (χ0n) is 29.9. The first-order valence-electron chi connectivity index (χ1n) is 19.6. The number of carbonyl (C=O) groups is 1. The summed E-state index contributed by atoms with van der Waals surface area (Å²) in [5.74, 6) is 1.38. The average Bonchev–Trinajstić information content (AvgIpc) is 3.01. The number of rotatable bonds is 34. The van der Waals surface area contributed by atoms with Crippen LogP contribution in [0.1, 0.15) is 207 Å². The van der Waals surface area contributed by atoms with E-state index < -0.39 is 6.10 Å². The molecule has 4 heteroatoms. The molecule has 258 valence electrons. The van der Waals surface area contributed by atoms with Crippen molar-refractivity contribution in [1.29, 1.82) is 0 Å². The van der Waals surface area contributed by atoms with Gasteiger partial charge in [-0.25, -0.2) is 0 Å². The number of unbranched alkanes of at least 4 members (excludes halogenated alkanes) is 18. The van der Waals surface area contributed by atoms with Crippen LogP contribution in [0.2, 0.25) is 0 Å². The molecule has 0 aliphatic rings. The fraction of sp³-hybridized carbons (Fsp3) is 0.974. The quantitative estimate of drug-likeness (QED) is 0.0713. The lowest BCUT2D eigenvalue weighted by molar-refractivity contribution is -0.134. The molecule has 2 N–H and O–H groups in total. The van der Waals surface area contributed by atoms with Gasteiger partial charge in [0.05, 0.1) is 12.7 Å². The fourth-order valence-corrected chi connectivity index (χ4v) is 6.65. The highest BCUT2D eigenvalue weighted by Gasteiger charge is 2.21. The molecule has 3 atom stereocenters. The van der Waals surface area contributed by atoms with Gasteiger partial charge in [0.25, 0.3) is 0 Å². The van der Waals surface area contributed by atoms with Crippen LogP contribution in [0.4, 0.5) is 0 Å². The predicted molar refractivity (Wildman–Crippen MR) is 189 cm³/mol. The summed E-state index contributed by atoms with van der Waals surface area (Å²) in [5.41, 5.74) is 0. The zero-order valence-corrected chi connectivity index (χ0v) is 29.9. The topological polar surface area (TPSA) is 60.8 Å². The molecule has 1 amide bonds. The van der Waals surface area contributed by atoms with Gasteiger partial charge in [0.15, 0.2) is 0 Å². The average molecular weight is 610 g/mol.